The molecule has 0 bridgehead atoms. The second kappa shape index (κ2) is 7.28. The SMILES string of the molecule is CCCC[C@@H]1C[C@@H]([C@@H](N)CC2CCCCC2)OC1=O. The van der Waals surface area contributed by atoms with E-state index in [0.717, 1.165) is 38.0 Å². The number of esters is 1. The van der Waals surface area contributed by atoms with Crippen molar-refractivity contribution >= 4 is 5.97 Å². The van der Waals surface area contributed by atoms with Crippen molar-refractivity contribution in [2.45, 2.75) is 83.3 Å². The Morgan fingerprint density at radius 2 is 2.05 bits per heavy atom. The van der Waals surface area contributed by atoms with Crippen LogP contribution in [-0.2, 0) is 9.53 Å². The summed E-state index contributed by atoms with van der Waals surface area (Å²) in [5, 5.41) is 0. The molecule has 0 radical (unpaired) electrons. The van der Waals surface area contributed by atoms with Gasteiger partial charge in [-0.15, -0.1) is 0 Å². The van der Waals surface area contributed by atoms with E-state index in [2.05, 4.69) is 6.92 Å². The fourth-order valence-corrected chi connectivity index (χ4v) is 3.58. The molecule has 0 aromatic carbocycles. The van der Waals surface area contributed by atoms with Crippen molar-refractivity contribution in [3.8, 4) is 0 Å². The van der Waals surface area contributed by atoms with E-state index >= 15 is 0 Å². The number of unbranched alkanes of at least 4 members (excludes halogenated alkanes) is 1. The maximum Gasteiger partial charge on any atom is 0.309 e. The Labute approximate surface area is 117 Å². The molecule has 1 saturated carbocycles. The second-order valence-electron chi connectivity index (χ2n) is 6.45. The van der Waals surface area contributed by atoms with Gasteiger partial charge in [0.2, 0.25) is 0 Å². The highest BCUT2D eigenvalue weighted by atomic mass is 16.6. The number of carbonyl (C=O) groups is 1. The zero-order valence-corrected chi connectivity index (χ0v) is 12.3. The molecule has 1 aliphatic carbocycles. The van der Waals surface area contributed by atoms with Crippen molar-refractivity contribution in [1.82, 2.24) is 0 Å². The lowest BCUT2D eigenvalue weighted by Gasteiger charge is -2.26. The lowest BCUT2D eigenvalue weighted by molar-refractivity contribution is -0.145. The van der Waals surface area contributed by atoms with Gasteiger partial charge in [0.1, 0.15) is 6.10 Å². The Hall–Kier alpha value is -0.570. The first-order valence-corrected chi connectivity index (χ1v) is 8.16. The van der Waals surface area contributed by atoms with E-state index in [1.165, 1.54) is 32.1 Å². The van der Waals surface area contributed by atoms with Gasteiger partial charge in [0.15, 0.2) is 0 Å². The van der Waals surface area contributed by atoms with E-state index < -0.39 is 0 Å². The number of carbonyl (C=O) groups excluding carboxylic acids is 1. The Morgan fingerprint density at radius 1 is 1.32 bits per heavy atom. The van der Waals surface area contributed by atoms with Crippen LogP contribution in [0.3, 0.4) is 0 Å². The molecule has 2 N–H and O–H groups in total. The fourth-order valence-electron chi connectivity index (χ4n) is 3.58. The molecule has 0 aromatic heterocycles. The highest BCUT2D eigenvalue weighted by molar-refractivity contribution is 5.74. The highest BCUT2D eigenvalue weighted by Crippen LogP contribution is 2.32. The summed E-state index contributed by atoms with van der Waals surface area (Å²) in [5.41, 5.74) is 6.29. The first-order chi connectivity index (χ1) is 9.20. The summed E-state index contributed by atoms with van der Waals surface area (Å²) in [6.07, 6.45) is 11.8. The van der Waals surface area contributed by atoms with E-state index in [4.69, 9.17) is 10.5 Å². The topological polar surface area (TPSA) is 52.3 Å². The van der Waals surface area contributed by atoms with Gasteiger partial charge in [-0.1, -0.05) is 51.9 Å². The summed E-state index contributed by atoms with van der Waals surface area (Å²) in [4.78, 5) is 11.8. The Kier molecular flexibility index (Phi) is 5.68. The fraction of sp³-hybridized carbons (Fsp3) is 0.938. The zero-order valence-electron chi connectivity index (χ0n) is 12.3. The molecule has 1 heterocycles. The van der Waals surface area contributed by atoms with Gasteiger partial charge in [-0.25, -0.2) is 0 Å². The van der Waals surface area contributed by atoms with Crippen LogP contribution in [0, 0.1) is 11.8 Å². The smallest absolute Gasteiger partial charge is 0.309 e. The molecule has 2 rings (SSSR count). The predicted octanol–water partition coefficient (Wildman–Crippen LogP) is 3.41. The quantitative estimate of drug-likeness (QED) is 0.750. The van der Waals surface area contributed by atoms with Crippen LogP contribution in [0.15, 0.2) is 0 Å². The molecule has 0 unspecified atom stereocenters. The largest absolute Gasteiger partial charge is 0.460 e. The molecule has 0 aromatic rings. The van der Waals surface area contributed by atoms with E-state index in [-0.39, 0.29) is 24.0 Å². The molecule has 1 aliphatic heterocycles. The van der Waals surface area contributed by atoms with Crippen molar-refractivity contribution in [2.24, 2.45) is 17.6 Å². The van der Waals surface area contributed by atoms with E-state index in [1.807, 2.05) is 0 Å². The molecule has 3 heteroatoms. The third kappa shape index (κ3) is 4.20. The third-order valence-electron chi connectivity index (χ3n) is 4.83. The van der Waals surface area contributed by atoms with Crippen LogP contribution in [0.4, 0.5) is 0 Å². The Bertz CT molecular complexity index is 286. The molecule has 2 fully saturated rings. The van der Waals surface area contributed by atoms with Crippen molar-refractivity contribution in [1.29, 1.82) is 0 Å². The van der Waals surface area contributed by atoms with Crippen molar-refractivity contribution in [3.05, 3.63) is 0 Å². The molecule has 3 nitrogen and oxygen atoms in total. The number of hydrogen-bond donors (Lipinski definition) is 1. The zero-order chi connectivity index (χ0) is 13.7. The lowest BCUT2D eigenvalue weighted by atomic mass is 9.83. The van der Waals surface area contributed by atoms with Crippen LogP contribution in [0.1, 0.15) is 71.1 Å². The normalized spacial score (nSPS) is 30.3. The third-order valence-corrected chi connectivity index (χ3v) is 4.83. The minimum Gasteiger partial charge on any atom is -0.460 e. The van der Waals surface area contributed by atoms with Gasteiger partial charge in [0.05, 0.1) is 5.92 Å². The molecular weight excluding hydrogens is 238 g/mol. The molecule has 1 saturated heterocycles. The first kappa shape index (κ1) is 14.8. The first-order valence-electron chi connectivity index (χ1n) is 8.16. The van der Waals surface area contributed by atoms with Crippen LogP contribution < -0.4 is 5.73 Å². The Morgan fingerprint density at radius 3 is 2.74 bits per heavy atom. The van der Waals surface area contributed by atoms with Gasteiger partial charge in [-0.05, 0) is 25.2 Å². The Balaban J connectivity index is 1.76. The molecule has 19 heavy (non-hydrogen) atoms. The molecular formula is C16H29NO2. The average molecular weight is 267 g/mol. The maximum absolute atomic E-state index is 11.8. The predicted molar refractivity (Wildman–Crippen MR) is 76.7 cm³/mol. The van der Waals surface area contributed by atoms with Gasteiger partial charge < -0.3 is 10.5 Å². The standard InChI is InChI=1S/C16H29NO2/c1-2-3-9-13-11-15(19-16(13)18)14(17)10-12-7-5-4-6-8-12/h12-15H,2-11,17H2,1H3/t13-,14+,15+/m1/s1. The van der Waals surface area contributed by atoms with Crippen LogP contribution in [-0.4, -0.2) is 18.1 Å². The van der Waals surface area contributed by atoms with Crippen LogP contribution >= 0.6 is 0 Å². The van der Waals surface area contributed by atoms with E-state index in [9.17, 15) is 4.79 Å². The van der Waals surface area contributed by atoms with Crippen molar-refractivity contribution in [2.75, 3.05) is 0 Å². The van der Waals surface area contributed by atoms with Gasteiger partial charge in [0.25, 0.3) is 0 Å². The molecule has 110 valence electrons. The minimum atomic E-state index is -0.0173. The van der Waals surface area contributed by atoms with Crippen LogP contribution in [0.25, 0.3) is 0 Å². The summed E-state index contributed by atoms with van der Waals surface area (Å²) in [6, 6.07) is 0.0543. The lowest BCUT2D eigenvalue weighted by Crippen LogP contribution is -2.36. The van der Waals surface area contributed by atoms with Crippen LogP contribution in [0.2, 0.25) is 0 Å². The van der Waals surface area contributed by atoms with Gasteiger partial charge in [0, 0.05) is 6.04 Å². The molecule has 3 atom stereocenters. The number of rotatable bonds is 6. The average Bonchev–Trinajstić information content (AvgIpc) is 2.79. The molecule has 0 amide bonds. The molecule has 0 spiro atoms. The number of hydrogen-bond acceptors (Lipinski definition) is 3. The number of cyclic esters (lactones) is 1. The summed E-state index contributed by atoms with van der Waals surface area (Å²) in [7, 11) is 0. The van der Waals surface area contributed by atoms with Crippen LogP contribution in [0.5, 0.6) is 0 Å². The van der Waals surface area contributed by atoms with E-state index in [0.29, 0.717) is 0 Å². The van der Waals surface area contributed by atoms with Crippen molar-refractivity contribution < 1.29 is 9.53 Å². The van der Waals surface area contributed by atoms with E-state index in [1.54, 1.807) is 0 Å². The van der Waals surface area contributed by atoms with Gasteiger partial charge in [-0.2, -0.15) is 0 Å². The molecule has 2 aliphatic rings. The summed E-state index contributed by atoms with van der Waals surface area (Å²) in [5.74, 6) is 0.872. The summed E-state index contributed by atoms with van der Waals surface area (Å²) in [6.45, 7) is 2.16. The second-order valence-corrected chi connectivity index (χ2v) is 6.45. The summed E-state index contributed by atoms with van der Waals surface area (Å²) < 4.78 is 5.51. The maximum atomic E-state index is 11.8. The monoisotopic (exact) mass is 267 g/mol. The van der Waals surface area contributed by atoms with Gasteiger partial charge >= 0.3 is 5.97 Å². The highest BCUT2D eigenvalue weighted by Gasteiger charge is 2.37. The number of nitrogens with two attached hydrogens (primary N) is 1. The van der Waals surface area contributed by atoms with Gasteiger partial charge in [-0.3, -0.25) is 4.79 Å². The minimum absolute atomic E-state index is 0.00227. The summed E-state index contributed by atoms with van der Waals surface area (Å²) >= 11 is 0. The number of ether oxygens (including phenoxy) is 1. The van der Waals surface area contributed by atoms with Crippen molar-refractivity contribution in [3.63, 3.8) is 0 Å².